The predicted molar refractivity (Wildman–Crippen MR) is 196 cm³/mol. The fourth-order valence-corrected chi connectivity index (χ4v) is 9.71. The number of aliphatic hydroxyl groups excluding tert-OH is 2. The SMILES string of the molecule is CCO[P+](O)(OCC)C(Nc1ccccc1)c1ccc(-c2cc(N(C)C)c3c(c2O)C(O)=C2C(=O)[C@]4(O)C(O)=C(C(N)=O)C(=O)C[C@@H]4C[C@@H]2C3)cc1. The van der Waals surface area contributed by atoms with Crippen LogP contribution in [0.1, 0.15) is 49.2 Å². The van der Waals surface area contributed by atoms with E-state index in [1.165, 1.54) is 0 Å². The summed E-state index contributed by atoms with van der Waals surface area (Å²) in [5.41, 5.74) is 5.08. The zero-order valence-corrected chi connectivity index (χ0v) is 30.2. The second-order valence-electron chi connectivity index (χ2n) is 13.4. The molecule has 13 nitrogen and oxygen atoms in total. The maximum atomic E-state index is 14.1. The van der Waals surface area contributed by atoms with Crippen LogP contribution in [0, 0.1) is 11.8 Å². The Morgan fingerprint density at radius 1 is 1.02 bits per heavy atom. The molecule has 3 aliphatic carbocycles. The zero-order valence-electron chi connectivity index (χ0n) is 29.3. The van der Waals surface area contributed by atoms with Crippen molar-refractivity contribution in [2.24, 2.45) is 17.6 Å². The number of Topliss-reactive ketones (excluding diaryl/α,β-unsaturated/α-hetero) is 2. The van der Waals surface area contributed by atoms with Crippen LogP contribution in [-0.4, -0.2) is 75.7 Å². The fourth-order valence-electron chi connectivity index (χ4n) is 7.74. The molecule has 52 heavy (non-hydrogen) atoms. The molecule has 3 aromatic carbocycles. The zero-order chi connectivity index (χ0) is 37.7. The first-order valence-corrected chi connectivity index (χ1v) is 18.7. The van der Waals surface area contributed by atoms with Gasteiger partial charge in [0.25, 0.3) is 5.91 Å². The summed E-state index contributed by atoms with van der Waals surface area (Å²) in [5.74, 6) is -7.59. The van der Waals surface area contributed by atoms with Gasteiger partial charge in [0.1, 0.15) is 22.8 Å². The van der Waals surface area contributed by atoms with E-state index in [-0.39, 0.29) is 49.4 Å². The van der Waals surface area contributed by atoms with Gasteiger partial charge in [-0.2, -0.15) is 13.9 Å². The first-order chi connectivity index (χ1) is 24.7. The average Bonchev–Trinajstić information content (AvgIpc) is 3.09. The standard InChI is InChI=1S/C38H42N3O10P/c1-5-50-52(49,51-6-2)37(40-24-10-8-7-9-11-24)21-14-12-20(13-15-21)25-19-27(41(3)4)26-17-22-16-23-18-28(42)31(36(39)47)35(46)38(23,48)34(45)29(22)33(44)30(26)32(25)43/h7-15,19,22-23,37,40,48-49H,5-6,16-18H2,1-4H3,(H4-,39,42,43,44,45,46,47)/p+1/t22-,23+,37?,38+/m1/s1. The number of carbonyl (C=O) groups is 3. The summed E-state index contributed by atoms with van der Waals surface area (Å²) in [6, 6.07) is 18.2. The van der Waals surface area contributed by atoms with Gasteiger partial charge in [-0.25, -0.2) is 0 Å². The van der Waals surface area contributed by atoms with Gasteiger partial charge in [0.2, 0.25) is 11.6 Å². The maximum Gasteiger partial charge on any atom is 0.437 e. The molecule has 0 aromatic heterocycles. The fraction of sp³-hybridized carbons (Fsp3) is 0.342. The minimum Gasteiger partial charge on any atom is -0.508 e. The second kappa shape index (κ2) is 14.0. The van der Waals surface area contributed by atoms with Crippen LogP contribution in [0.5, 0.6) is 5.75 Å². The number of nitrogens with zero attached hydrogens (tertiary/aromatic N) is 1. The number of aliphatic hydroxyl groups is 3. The lowest BCUT2D eigenvalue weighted by Gasteiger charge is -2.46. The maximum absolute atomic E-state index is 14.1. The number of hydrogen-bond acceptors (Lipinski definition) is 12. The number of nitrogens with two attached hydrogens (primary N) is 1. The van der Waals surface area contributed by atoms with E-state index in [1.54, 1.807) is 58.3 Å². The van der Waals surface area contributed by atoms with Gasteiger partial charge in [0.05, 0.1) is 18.8 Å². The van der Waals surface area contributed by atoms with Crippen LogP contribution in [0.25, 0.3) is 16.9 Å². The lowest BCUT2D eigenvalue weighted by molar-refractivity contribution is -0.147. The van der Waals surface area contributed by atoms with Crippen LogP contribution in [-0.2, 0) is 29.9 Å². The summed E-state index contributed by atoms with van der Waals surface area (Å²) in [6.07, 6.45) is -0.173. The number of hydrogen-bond donors (Lipinski definition) is 7. The summed E-state index contributed by atoms with van der Waals surface area (Å²) in [4.78, 5) is 52.3. The molecule has 0 spiro atoms. The van der Waals surface area contributed by atoms with Crippen molar-refractivity contribution >= 4 is 42.6 Å². The molecule has 0 bridgehead atoms. The summed E-state index contributed by atoms with van der Waals surface area (Å²) < 4.78 is 11.7. The van der Waals surface area contributed by atoms with Crippen molar-refractivity contribution < 1.29 is 48.8 Å². The number of amides is 1. The Kier molecular flexibility index (Phi) is 9.95. The second-order valence-corrected chi connectivity index (χ2v) is 15.5. The minimum atomic E-state index is -3.49. The van der Waals surface area contributed by atoms with Crippen molar-refractivity contribution in [3.8, 4) is 16.9 Å². The van der Waals surface area contributed by atoms with Gasteiger partial charge in [-0.05, 0) is 61.9 Å². The number of anilines is 2. The third-order valence-corrected chi connectivity index (χ3v) is 12.4. The van der Waals surface area contributed by atoms with E-state index in [0.717, 1.165) is 5.69 Å². The topological polar surface area (TPSA) is 212 Å². The highest BCUT2D eigenvalue weighted by molar-refractivity contribution is 7.61. The van der Waals surface area contributed by atoms with Crippen LogP contribution in [0.2, 0.25) is 0 Å². The van der Waals surface area contributed by atoms with Crippen molar-refractivity contribution in [2.75, 3.05) is 37.5 Å². The van der Waals surface area contributed by atoms with Crippen LogP contribution < -0.4 is 16.0 Å². The van der Waals surface area contributed by atoms with Crippen molar-refractivity contribution in [3.63, 3.8) is 0 Å². The van der Waals surface area contributed by atoms with E-state index < -0.39 is 65.7 Å². The molecule has 0 radical (unpaired) electrons. The number of fused-ring (bicyclic) bond motifs is 3. The molecule has 0 saturated heterocycles. The van der Waals surface area contributed by atoms with Gasteiger partial charge in [-0.3, -0.25) is 14.4 Å². The summed E-state index contributed by atoms with van der Waals surface area (Å²) >= 11 is 0. The van der Waals surface area contributed by atoms with Gasteiger partial charge in [0, 0.05) is 54.5 Å². The summed E-state index contributed by atoms with van der Waals surface area (Å²) in [7, 11) is 0.126. The third-order valence-electron chi connectivity index (χ3n) is 10.1. The molecular formula is C38H43N3O10P+. The number of benzene rings is 3. The average molecular weight is 733 g/mol. The van der Waals surface area contributed by atoms with Crippen molar-refractivity contribution in [1.82, 2.24) is 0 Å². The van der Waals surface area contributed by atoms with Crippen LogP contribution in [0.4, 0.5) is 11.4 Å². The lowest BCUT2D eigenvalue weighted by atomic mass is 9.59. The molecule has 3 aliphatic rings. The molecule has 1 amide bonds. The first-order valence-electron chi connectivity index (χ1n) is 17.0. The number of primary amides is 1. The molecule has 14 heteroatoms. The Bertz CT molecular complexity index is 1990. The van der Waals surface area contributed by atoms with Gasteiger partial charge in [-0.15, -0.1) is 0 Å². The quantitative estimate of drug-likeness (QED) is 0.101. The number of ketones is 2. The van der Waals surface area contributed by atoms with E-state index in [9.17, 15) is 39.7 Å². The van der Waals surface area contributed by atoms with Gasteiger partial charge in [-0.1, -0.05) is 42.5 Å². The molecule has 1 unspecified atom stereocenters. The first kappa shape index (κ1) is 37.0. The number of aromatic hydroxyl groups is 1. The number of carbonyl (C=O) groups excluding carboxylic acids is 3. The van der Waals surface area contributed by atoms with Crippen molar-refractivity contribution in [3.05, 3.63) is 94.3 Å². The number of phenols is 1. The Morgan fingerprint density at radius 2 is 1.65 bits per heavy atom. The normalized spacial score (nSPS) is 22.0. The van der Waals surface area contributed by atoms with Crippen LogP contribution >= 0.6 is 7.94 Å². The molecule has 1 saturated carbocycles. The monoisotopic (exact) mass is 732 g/mol. The highest BCUT2D eigenvalue weighted by Gasteiger charge is 2.60. The smallest absolute Gasteiger partial charge is 0.437 e. The van der Waals surface area contributed by atoms with Crippen LogP contribution in [0.15, 0.2) is 77.6 Å². The molecule has 8 N–H and O–H groups in total. The number of phenolic OH excluding ortho intramolecular Hbond substituents is 1. The number of rotatable bonds is 11. The molecular weight excluding hydrogens is 689 g/mol. The highest BCUT2D eigenvalue weighted by Crippen LogP contribution is 2.68. The van der Waals surface area contributed by atoms with E-state index in [2.05, 4.69) is 5.32 Å². The van der Waals surface area contributed by atoms with Gasteiger partial charge >= 0.3 is 7.94 Å². The molecule has 4 atom stereocenters. The van der Waals surface area contributed by atoms with E-state index in [1.807, 2.05) is 35.2 Å². The third kappa shape index (κ3) is 6.02. The molecule has 0 heterocycles. The van der Waals surface area contributed by atoms with Crippen molar-refractivity contribution in [2.45, 2.75) is 44.5 Å². The lowest BCUT2D eigenvalue weighted by Crippen LogP contribution is -2.58. The van der Waals surface area contributed by atoms with Gasteiger partial charge in [0.15, 0.2) is 11.4 Å². The van der Waals surface area contributed by atoms with Crippen molar-refractivity contribution in [1.29, 1.82) is 0 Å². The van der Waals surface area contributed by atoms with E-state index >= 15 is 0 Å². The van der Waals surface area contributed by atoms with Crippen LogP contribution in [0.3, 0.4) is 0 Å². The van der Waals surface area contributed by atoms with E-state index in [0.29, 0.717) is 27.9 Å². The Hall–Kier alpha value is -4.78. The molecule has 274 valence electrons. The molecule has 3 aromatic rings. The Labute approximate surface area is 301 Å². The Morgan fingerprint density at radius 3 is 2.23 bits per heavy atom. The molecule has 6 rings (SSSR count). The molecule has 0 aliphatic heterocycles. The van der Waals surface area contributed by atoms with E-state index in [4.69, 9.17) is 14.8 Å². The summed E-state index contributed by atoms with van der Waals surface area (Å²) in [6.45, 7) is 3.97. The molecule has 1 fully saturated rings. The largest absolute Gasteiger partial charge is 0.508 e. The Balaban J connectivity index is 1.45. The number of para-hydroxylation sites is 1. The minimum absolute atomic E-state index is 0.00554. The van der Waals surface area contributed by atoms with Gasteiger partial charge < -0.3 is 36.4 Å². The number of nitrogens with one attached hydrogen (secondary N) is 1. The highest BCUT2D eigenvalue weighted by atomic mass is 31.2. The summed E-state index contributed by atoms with van der Waals surface area (Å²) in [5, 5.41) is 49.5. The predicted octanol–water partition coefficient (Wildman–Crippen LogP) is 5.10.